The zero-order valence-electron chi connectivity index (χ0n) is 8.11. The number of hydrogen-bond donors (Lipinski definition) is 1. The molecule has 0 amide bonds. The summed E-state index contributed by atoms with van der Waals surface area (Å²) in [6.45, 7) is 12.6. The summed E-state index contributed by atoms with van der Waals surface area (Å²) in [5.74, 6) is 0. The maximum atomic E-state index is 3.68. The zero-order chi connectivity index (χ0) is 8.74. The minimum atomic E-state index is 0.411. The summed E-state index contributed by atoms with van der Waals surface area (Å²) in [5, 5.41) is 3.41. The first-order chi connectivity index (χ1) is 5.06. The van der Waals surface area contributed by atoms with Crippen molar-refractivity contribution < 1.29 is 0 Å². The fourth-order valence-electron chi connectivity index (χ4n) is 0.835. The topological polar surface area (TPSA) is 12.0 Å². The Hall–Kier alpha value is -0.300. The van der Waals surface area contributed by atoms with Crippen LogP contribution in [0.3, 0.4) is 0 Å². The SMILES string of the molecule is C=CCCCNCC(C)(C)C. The second-order valence-corrected chi connectivity index (χ2v) is 4.17. The third-order valence-electron chi connectivity index (χ3n) is 1.42. The van der Waals surface area contributed by atoms with Crippen LogP contribution in [0.4, 0.5) is 0 Å². The summed E-state index contributed by atoms with van der Waals surface area (Å²) in [6, 6.07) is 0. The van der Waals surface area contributed by atoms with E-state index in [1.54, 1.807) is 0 Å². The molecule has 0 saturated carbocycles. The predicted molar refractivity (Wildman–Crippen MR) is 51.8 cm³/mol. The molecule has 1 heteroatoms. The van der Waals surface area contributed by atoms with Gasteiger partial charge < -0.3 is 5.32 Å². The molecule has 0 radical (unpaired) electrons. The van der Waals surface area contributed by atoms with Gasteiger partial charge in [0.1, 0.15) is 0 Å². The van der Waals surface area contributed by atoms with Crippen molar-refractivity contribution >= 4 is 0 Å². The lowest BCUT2D eigenvalue weighted by atomic mass is 9.97. The average molecular weight is 155 g/mol. The number of rotatable bonds is 5. The largest absolute Gasteiger partial charge is 0.316 e. The van der Waals surface area contributed by atoms with E-state index in [0.29, 0.717) is 5.41 Å². The first-order valence-corrected chi connectivity index (χ1v) is 4.38. The van der Waals surface area contributed by atoms with Crippen LogP contribution in [-0.2, 0) is 0 Å². The van der Waals surface area contributed by atoms with Crippen molar-refractivity contribution in [2.45, 2.75) is 33.6 Å². The fourth-order valence-corrected chi connectivity index (χ4v) is 0.835. The van der Waals surface area contributed by atoms with Gasteiger partial charge >= 0.3 is 0 Å². The van der Waals surface area contributed by atoms with Crippen LogP contribution < -0.4 is 5.32 Å². The maximum Gasteiger partial charge on any atom is -0.0000123 e. The van der Waals surface area contributed by atoms with Crippen molar-refractivity contribution in [2.24, 2.45) is 5.41 Å². The lowest BCUT2D eigenvalue weighted by Gasteiger charge is -2.18. The lowest BCUT2D eigenvalue weighted by molar-refractivity contribution is 0.379. The average Bonchev–Trinajstić information content (AvgIpc) is 1.85. The van der Waals surface area contributed by atoms with Crippen molar-refractivity contribution in [3.05, 3.63) is 12.7 Å². The molecule has 0 aromatic rings. The number of allylic oxidation sites excluding steroid dienone is 1. The molecule has 0 bridgehead atoms. The van der Waals surface area contributed by atoms with Crippen molar-refractivity contribution in [1.82, 2.24) is 5.32 Å². The highest BCUT2D eigenvalue weighted by Gasteiger charge is 2.07. The van der Waals surface area contributed by atoms with E-state index in [2.05, 4.69) is 32.7 Å². The molecule has 0 saturated heterocycles. The molecule has 0 heterocycles. The van der Waals surface area contributed by atoms with Gasteiger partial charge in [0.05, 0.1) is 0 Å². The molecule has 0 atom stereocenters. The normalized spacial score (nSPS) is 11.5. The quantitative estimate of drug-likeness (QED) is 0.475. The second-order valence-electron chi connectivity index (χ2n) is 4.17. The fraction of sp³-hybridized carbons (Fsp3) is 0.800. The summed E-state index contributed by atoms with van der Waals surface area (Å²) in [6.07, 6.45) is 4.30. The number of hydrogen-bond acceptors (Lipinski definition) is 1. The van der Waals surface area contributed by atoms with E-state index in [9.17, 15) is 0 Å². The molecule has 0 aromatic heterocycles. The number of unbranched alkanes of at least 4 members (excludes halogenated alkanes) is 1. The van der Waals surface area contributed by atoms with E-state index in [1.807, 2.05) is 6.08 Å². The van der Waals surface area contributed by atoms with Gasteiger partial charge in [-0.2, -0.15) is 0 Å². The first-order valence-electron chi connectivity index (χ1n) is 4.38. The minimum absolute atomic E-state index is 0.411. The van der Waals surface area contributed by atoms with Crippen molar-refractivity contribution in [1.29, 1.82) is 0 Å². The standard InChI is InChI=1S/C10H21N/c1-5-6-7-8-11-9-10(2,3)4/h5,11H,1,6-9H2,2-4H3. The van der Waals surface area contributed by atoms with E-state index in [-0.39, 0.29) is 0 Å². The summed E-state index contributed by atoms with van der Waals surface area (Å²) in [5.41, 5.74) is 0.411. The molecule has 0 aliphatic carbocycles. The second kappa shape index (κ2) is 5.36. The molecule has 1 N–H and O–H groups in total. The lowest BCUT2D eigenvalue weighted by Crippen LogP contribution is -2.27. The third kappa shape index (κ3) is 9.70. The van der Waals surface area contributed by atoms with Gasteiger partial charge in [-0.15, -0.1) is 6.58 Å². The van der Waals surface area contributed by atoms with Crippen LogP contribution in [0.25, 0.3) is 0 Å². The Morgan fingerprint density at radius 3 is 2.45 bits per heavy atom. The van der Waals surface area contributed by atoms with E-state index in [1.165, 1.54) is 6.42 Å². The highest BCUT2D eigenvalue weighted by Crippen LogP contribution is 2.09. The number of nitrogens with one attached hydrogen (secondary N) is 1. The van der Waals surface area contributed by atoms with Crippen LogP contribution >= 0.6 is 0 Å². The van der Waals surface area contributed by atoms with Crippen molar-refractivity contribution in [2.75, 3.05) is 13.1 Å². The Morgan fingerprint density at radius 2 is 2.00 bits per heavy atom. The van der Waals surface area contributed by atoms with Gasteiger partial charge in [0.15, 0.2) is 0 Å². The smallest absolute Gasteiger partial charge is 0.0000123 e. The molecule has 0 aliphatic heterocycles. The molecule has 0 unspecified atom stereocenters. The van der Waals surface area contributed by atoms with Crippen LogP contribution in [0, 0.1) is 5.41 Å². The first kappa shape index (κ1) is 10.7. The van der Waals surface area contributed by atoms with Crippen LogP contribution in [-0.4, -0.2) is 13.1 Å². The van der Waals surface area contributed by atoms with Gasteiger partial charge in [-0.1, -0.05) is 26.8 Å². The van der Waals surface area contributed by atoms with E-state index >= 15 is 0 Å². The molecule has 0 rings (SSSR count). The third-order valence-corrected chi connectivity index (χ3v) is 1.42. The van der Waals surface area contributed by atoms with Crippen LogP contribution in [0.1, 0.15) is 33.6 Å². The Balaban J connectivity index is 3.08. The van der Waals surface area contributed by atoms with Crippen molar-refractivity contribution in [3.63, 3.8) is 0 Å². The molecular formula is C10H21N. The summed E-state index contributed by atoms with van der Waals surface area (Å²) in [4.78, 5) is 0. The Morgan fingerprint density at radius 1 is 1.36 bits per heavy atom. The minimum Gasteiger partial charge on any atom is -0.316 e. The highest BCUT2D eigenvalue weighted by atomic mass is 14.9. The van der Waals surface area contributed by atoms with Gasteiger partial charge in [-0.05, 0) is 31.3 Å². The summed E-state index contributed by atoms with van der Waals surface area (Å²) >= 11 is 0. The van der Waals surface area contributed by atoms with Gasteiger partial charge in [0.2, 0.25) is 0 Å². The molecule has 11 heavy (non-hydrogen) atoms. The molecule has 1 nitrogen and oxygen atoms in total. The van der Waals surface area contributed by atoms with E-state index in [0.717, 1.165) is 19.5 Å². The van der Waals surface area contributed by atoms with E-state index < -0.39 is 0 Å². The van der Waals surface area contributed by atoms with Crippen LogP contribution in [0.2, 0.25) is 0 Å². The van der Waals surface area contributed by atoms with Gasteiger partial charge in [0.25, 0.3) is 0 Å². The predicted octanol–water partition coefficient (Wildman–Crippen LogP) is 2.59. The van der Waals surface area contributed by atoms with Crippen LogP contribution in [0.15, 0.2) is 12.7 Å². The van der Waals surface area contributed by atoms with Gasteiger partial charge in [-0.25, -0.2) is 0 Å². The molecule has 66 valence electrons. The molecule has 0 aliphatic rings. The molecular weight excluding hydrogens is 134 g/mol. The Labute approximate surface area is 70.9 Å². The molecule has 0 spiro atoms. The van der Waals surface area contributed by atoms with E-state index in [4.69, 9.17) is 0 Å². The zero-order valence-corrected chi connectivity index (χ0v) is 8.11. The Bertz CT molecular complexity index is 99.9. The summed E-state index contributed by atoms with van der Waals surface area (Å²) < 4.78 is 0. The molecule has 0 aromatic carbocycles. The van der Waals surface area contributed by atoms with Crippen LogP contribution in [0.5, 0.6) is 0 Å². The van der Waals surface area contributed by atoms with Gasteiger partial charge in [-0.3, -0.25) is 0 Å². The van der Waals surface area contributed by atoms with Crippen molar-refractivity contribution in [3.8, 4) is 0 Å². The summed E-state index contributed by atoms with van der Waals surface area (Å²) in [7, 11) is 0. The van der Waals surface area contributed by atoms with Gasteiger partial charge in [0, 0.05) is 0 Å². The Kier molecular flexibility index (Phi) is 5.22. The maximum absolute atomic E-state index is 3.68. The highest BCUT2D eigenvalue weighted by molar-refractivity contribution is 4.68. The monoisotopic (exact) mass is 155 g/mol. The molecule has 0 fully saturated rings.